The quantitative estimate of drug-likeness (QED) is 0.671. The van der Waals surface area contributed by atoms with Crippen molar-refractivity contribution in [2.24, 2.45) is 7.05 Å². The number of hydrogen-bond donors (Lipinski definition) is 0. The van der Waals surface area contributed by atoms with Crippen molar-refractivity contribution < 1.29 is 8.42 Å². The summed E-state index contributed by atoms with van der Waals surface area (Å²) in [6.45, 7) is 1.15. The molecule has 1 aromatic heterocycles. The van der Waals surface area contributed by atoms with Crippen molar-refractivity contribution in [1.29, 1.82) is 0 Å². The van der Waals surface area contributed by atoms with E-state index in [1.54, 1.807) is 24.3 Å². The van der Waals surface area contributed by atoms with Crippen LogP contribution >= 0.6 is 0 Å². The highest BCUT2D eigenvalue weighted by atomic mass is 32.2. The van der Waals surface area contributed by atoms with Crippen LogP contribution in [0.5, 0.6) is 0 Å². The van der Waals surface area contributed by atoms with Gasteiger partial charge in [-0.3, -0.25) is 4.90 Å². The van der Waals surface area contributed by atoms with Crippen LogP contribution in [-0.2, 0) is 23.3 Å². The van der Waals surface area contributed by atoms with Crippen molar-refractivity contribution in [3.8, 4) is 0 Å². The molecular formula is C22H26N2O2S. The van der Waals surface area contributed by atoms with E-state index < -0.39 is 9.84 Å². The molecule has 1 aliphatic heterocycles. The topological polar surface area (TPSA) is 42.3 Å². The minimum absolute atomic E-state index is 0.133. The van der Waals surface area contributed by atoms with Gasteiger partial charge in [0.05, 0.1) is 10.6 Å². The van der Waals surface area contributed by atoms with E-state index in [1.807, 2.05) is 6.07 Å². The Kier molecular flexibility index (Phi) is 4.82. The molecule has 0 amide bonds. The highest BCUT2D eigenvalue weighted by Gasteiger charge is 2.25. The van der Waals surface area contributed by atoms with Crippen LogP contribution in [0.15, 0.2) is 59.5 Å². The molecule has 4 nitrogen and oxygen atoms in total. The van der Waals surface area contributed by atoms with Crippen molar-refractivity contribution in [1.82, 2.24) is 9.47 Å². The molecule has 0 bridgehead atoms. The predicted octanol–water partition coefficient (Wildman–Crippen LogP) is 3.96. The van der Waals surface area contributed by atoms with E-state index in [9.17, 15) is 8.42 Å². The molecule has 1 aliphatic rings. The van der Waals surface area contributed by atoms with Crippen molar-refractivity contribution >= 4 is 20.7 Å². The Balaban J connectivity index is 1.57. The van der Waals surface area contributed by atoms with Gasteiger partial charge >= 0.3 is 0 Å². The maximum absolute atomic E-state index is 12.5. The zero-order chi connectivity index (χ0) is 19.0. The van der Waals surface area contributed by atoms with Crippen LogP contribution in [0.4, 0.5) is 0 Å². The molecule has 1 unspecified atom stereocenters. The Morgan fingerprint density at radius 2 is 1.81 bits per heavy atom. The summed E-state index contributed by atoms with van der Waals surface area (Å²) in [4.78, 5) is 2.82. The fourth-order valence-electron chi connectivity index (χ4n) is 4.18. The van der Waals surface area contributed by atoms with E-state index >= 15 is 0 Å². The number of benzene rings is 2. The predicted molar refractivity (Wildman–Crippen MR) is 110 cm³/mol. The monoisotopic (exact) mass is 382 g/mol. The van der Waals surface area contributed by atoms with Crippen molar-refractivity contribution in [2.75, 3.05) is 19.3 Å². The molecule has 142 valence electrons. The maximum Gasteiger partial charge on any atom is 0.178 e. The fourth-order valence-corrected chi connectivity index (χ4v) is 5.49. The average Bonchev–Trinajstić information content (AvgIpc) is 3.23. The van der Waals surface area contributed by atoms with Gasteiger partial charge in [-0.1, -0.05) is 24.3 Å². The van der Waals surface area contributed by atoms with Gasteiger partial charge in [0.2, 0.25) is 0 Å². The molecule has 1 fully saturated rings. The third-order valence-electron chi connectivity index (χ3n) is 5.77. The molecule has 0 N–H and O–H groups in total. The van der Waals surface area contributed by atoms with Crippen molar-refractivity contribution in [2.45, 2.75) is 30.2 Å². The number of sulfone groups is 1. The molecule has 0 aliphatic carbocycles. The Bertz CT molecular complexity index is 1050. The van der Waals surface area contributed by atoms with E-state index in [0.29, 0.717) is 17.4 Å². The van der Waals surface area contributed by atoms with Gasteiger partial charge in [0.15, 0.2) is 9.84 Å². The van der Waals surface area contributed by atoms with Crippen LogP contribution in [0, 0.1) is 0 Å². The Labute approximate surface area is 161 Å². The van der Waals surface area contributed by atoms with Crippen molar-refractivity contribution in [3.63, 3.8) is 0 Å². The summed E-state index contributed by atoms with van der Waals surface area (Å²) in [6, 6.07) is 17.8. The van der Waals surface area contributed by atoms with Crippen LogP contribution in [0.1, 0.15) is 30.1 Å². The fraction of sp³-hybridized carbons (Fsp3) is 0.364. The van der Waals surface area contributed by atoms with Crippen LogP contribution in [0.2, 0.25) is 0 Å². The number of hydrogen-bond acceptors (Lipinski definition) is 3. The molecule has 0 spiro atoms. The summed E-state index contributed by atoms with van der Waals surface area (Å²) in [5.74, 6) is 0.133. The second-order valence-electron chi connectivity index (χ2n) is 7.54. The zero-order valence-electron chi connectivity index (χ0n) is 15.9. The summed E-state index contributed by atoms with van der Waals surface area (Å²) >= 11 is 0. The molecule has 0 radical (unpaired) electrons. The molecular weight excluding hydrogens is 356 g/mol. The smallest absolute Gasteiger partial charge is 0.178 e. The summed E-state index contributed by atoms with van der Waals surface area (Å²) < 4.78 is 27.3. The van der Waals surface area contributed by atoms with Gasteiger partial charge in [0.25, 0.3) is 0 Å². The summed E-state index contributed by atoms with van der Waals surface area (Å²) in [5.41, 5.74) is 3.62. The Hall–Kier alpha value is -2.11. The maximum atomic E-state index is 12.5. The number of likely N-dealkylation sites (tertiary alicyclic amines) is 1. The first-order valence-electron chi connectivity index (χ1n) is 9.52. The van der Waals surface area contributed by atoms with Gasteiger partial charge in [0.1, 0.15) is 0 Å². The largest absolute Gasteiger partial charge is 0.346 e. The minimum atomic E-state index is -3.25. The summed E-state index contributed by atoms with van der Waals surface area (Å²) in [7, 11) is 1.07. The lowest BCUT2D eigenvalue weighted by Gasteiger charge is -2.20. The van der Waals surface area contributed by atoms with Crippen LogP contribution in [0.25, 0.3) is 10.9 Å². The molecule has 1 atom stereocenters. The van der Waals surface area contributed by atoms with Crippen LogP contribution < -0.4 is 0 Å². The molecule has 1 saturated heterocycles. The second-order valence-corrected chi connectivity index (χ2v) is 9.65. The van der Waals surface area contributed by atoms with E-state index in [-0.39, 0.29) is 5.75 Å². The van der Waals surface area contributed by atoms with Gasteiger partial charge in [0, 0.05) is 29.7 Å². The van der Waals surface area contributed by atoms with E-state index in [4.69, 9.17) is 0 Å². The highest BCUT2D eigenvalue weighted by molar-refractivity contribution is 7.91. The molecule has 2 aromatic carbocycles. The SMILES string of the molecule is CN1CCCC1c1cc2cc(CCS(=O)(=O)c3ccccc3)ccc2n1C. The number of aromatic nitrogens is 1. The summed E-state index contributed by atoms with van der Waals surface area (Å²) in [5, 5.41) is 1.20. The lowest BCUT2D eigenvalue weighted by Crippen LogP contribution is -2.19. The van der Waals surface area contributed by atoms with Gasteiger partial charge in [-0.15, -0.1) is 0 Å². The third kappa shape index (κ3) is 3.54. The number of fused-ring (bicyclic) bond motifs is 1. The van der Waals surface area contributed by atoms with E-state index in [1.165, 1.54) is 29.4 Å². The van der Waals surface area contributed by atoms with E-state index in [0.717, 1.165) is 12.1 Å². The Morgan fingerprint density at radius 1 is 1.04 bits per heavy atom. The molecule has 5 heteroatoms. The standard InChI is InChI=1S/C22H26N2O2S/c1-23-13-6-9-21(23)22-16-18-15-17(10-11-20(18)24(22)2)12-14-27(25,26)19-7-4-3-5-8-19/h3-5,7-8,10-11,15-16,21H,6,9,12-14H2,1-2H3. The Morgan fingerprint density at radius 3 is 2.52 bits per heavy atom. The van der Waals surface area contributed by atoms with Crippen molar-refractivity contribution in [3.05, 3.63) is 65.9 Å². The molecule has 27 heavy (non-hydrogen) atoms. The highest BCUT2D eigenvalue weighted by Crippen LogP contribution is 2.33. The lowest BCUT2D eigenvalue weighted by molar-refractivity contribution is 0.308. The number of aryl methyl sites for hydroxylation is 2. The normalized spacial score (nSPS) is 18.4. The number of rotatable bonds is 5. The average molecular weight is 383 g/mol. The third-order valence-corrected chi connectivity index (χ3v) is 7.50. The van der Waals surface area contributed by atoms with Crippen LogP contribution in [0.3, 0.4) is 0 Å². The van der Waals surface area contributed by atoms with Gasteiger partial charge in [-0.25, -0.2) is 8.42 Å². The first kappa shape index (κ1) is 18.3. The molecule has 0 saturated carbocycles. The molecule has 4 rings (SSSR count). The van der Waals surface area contributed by atoms with Gasteiger partial charge < -0.3 is 4.57 Å². The lowest BCUT2D eigenvalue weighted by atomic mass is 10.1. The first-order chi connectivity index (χ1) is 13.0. The summed E-state index contributed by atoms with van der Waals surface area (Å²) in [6.07, 6.45) is 2.97. The van der Waals surface area contributed by atoms with Crippen LogP contribution in [-0.4, -0.2) is 37.2 Å². The molecule has 2 heterocycles. The first-order valence-corrected chi connectivity index (χ1v) is 11.2. The molecule has 3 aromatic rings. The number of nitrogens with zero attached hydrogens (tertiary/aromatic N) is 2. The van der Waals surface area contributed by atoms with Gasteiger partial charge in [-0.2, -0.15) is 0 Å². The zero-order valence-corrected chi connectivity index (χ0v) is 16.7. The van der Waals surface area contributed by atoms with Gasteiger partial charge in [-0.05, 0) is 68.8 Å². The second kappa shape index (κ2) is 7.13. The minimum Gasteiger partial charge on any atom is -0.346 e. The van der Waals surface area contributed by atoms with E-state index in [2.05, 4.69) is 47.8 Å².